The molecule has 6 nitrogen and oxygen atoms in total. The minimum Gasteiger partial charge on any atom is -0.462 e. The first-order valence-corrected chi connectivity index (χ1v) is 7.73. The fraction of sp³-hybridized carbons (Fsp3) is 0.647. The van der Waals surface area contributed by atoms with E-state index in [4.69, 9.17) is 19.7 Å². The Labute approximate surface area is 138 Å². The minimum absolute atomic E-state index is 0.195. The Kier molecular flexibility index (Phi) is 17.1. The summed E-state index contributed by atoms with van der Waals surface area (Å²) >= 11 is 0. The fourth-order valence-corrected chi connectivity index (χ4v) is 1.18. The van der Waals surface area contributed by atoms with E-state index in [9.17, 15) is 9.59 Å². The van der Waals surface area contributed by atoms with E-state index >= 15 is 0 Å². The first kappa shape index (κ1) is 23.6. The summed E-state index contributed by atoms with van der Waals surface area (Å²) in [6.45, 7) is 11.3. The lowest BCUT2D eigenvalue weighted by Gasteiger charge is -2.05. The highest BCUT2D eigenvalue weighted by molar-refractivity contribution is 5.87. The van der Waals surface area contributed by atoms with Gasteiger partial charge in [-0.25, -0.2) is 9.59 Å². The molecule has 0 bridgehead atoms. The van der Waals surface area contributed by atoms with E-state index in [0.717, 1.165) is 32.1 Å². The van der Waals surface area contributed by atoms with Crippen molar-refractivity contribution in [2.24, 2.45) is 0 Å². The van der Waals surface area contributed by atoms with Crippen LogP contribution in [-0.2, 0) is 19.1 Å². The first-order valence-electron chi connectivity index (χ1n) is 7.73. The molecule has 0 fully saturated rings. The maximum absolute atomic E-state index is 11.0. The lowest BCUT2D eigenvalue weighted by atomic mass is 10.2. The average Bonchev–Trinajstić information content (AvgIpc) is 2.51. The van der Waals surface area contributed by atoms with Gasteiger partial charge in [0, 0.05) is 24.4 Å². The number of hydrogen-bond acceptors (Lipinski definition) is 6. The molecule has 0 radical (unpaired) electrons. The number of rotatable bonds is 11. The molecule has 0 saturated heterocycles. The summed E-state index contributed by atoms with van der Waals surface area (Å²) < 4.78 is 9.82. The molecule has 0 aromatic heterocycles. The molecule has 0 heterocycles. The highest BCUT2D eigenvalue weighted by Crippen LogP contribution is 2.00. The van der Waals surface area contributed by atoms with Crippen molar-refractivity contribution in [1.29, 1.82) is 0 Å². The molecule has 23 heavy (non-hydrogen) atoms. The van der Waals surface area contributed by atoms with E-state index in [1.54, 1.807) is 13.8 Å². The van der Waals surface area contributed by atoms with E-state index in [1.807, 2.05) is 0 Å². The molecule has 0 aliphatic heterocycles. The highest BCUT2D eigenvalue weighted by Gasteiger charge is 2.03. The Hall–Kier alpha value is -1.66. The number of ether oxygens (including phenoxy) is 2. The molecule has 0 aliphatic carbocycles. The van der Waals surface area contributed by atoms with Crippen molar-refractivity contribution in [2.75, 3.05) is 26.4 Å². The van der Waals surface area contributed by atoms with Crippen molar-refractivity contribution in [3.05, 3.63) is 24.3 Å². The molecule has 134 valence electrons. The summed E-state index contributed by atoms with van der Waals surface area (Å²) in [7, 11) is 0. The van der Waals surface area contributed by atoms with Gasteiger partial charge in [0.15, 0.2) is 0 Å². The molecular formula is C17H30O6. The van der Waals surface area contributed by atoms with Crippen molar-refractivity contribution < 1.29 is 29.3 Å². The highest BCUT2D eigenvalue weighted by atomic mass is 16.5. The molecule has 0 aliphatic rings. The lowest BCUT2D eigenvalue weighted by molar-refractivity contribution is -0.139. The summed E-state index contributed by atoms with van der Waals surface area (Å²) in [6.07, 6.45) is 3.78. The molecule has 6 heteroatoms. The van der Waals surface area contributed by atoms with E-state index in [-0.39, 0.29) is 25.2 Å². The predicted octanol–water partition coefficient (Wildman–Crippen LogP) is 2.15. The Balaban J connectivity index is 0. The minimum atomic E-state index is -0.362. The summed E-state index contributed by atoms with van der Waals surface area (Å²) in [5.74, 6) is -0.725. The molecule has 0 atom stereocenters. The summed E-state index contributed by atoms with van der Waals surface area (Å²) in [4.78, 5) is 22.0. The molecule has 0 saturated carbocycles. The normalized spacial score (nSPS) is 9.39. The zero-order chi connectivity index (χ0) is 18.1. The van der Waals surface area contributed by atoms with Crippen LogP contribution in [0.15, 0.2) is 24.3 Å². The third-order valence-electron chi connectivity index (χ3n) is 2.52. The Morgan fingerprint density at radius 3 is 1.35 bits per heavy atom. The zero-order valence-corrected chi connectivity index (χ0v) is 14.3. The number of carbonyl (C=O) groups is 2. The van der Waals surface area contributed by atoms with Crippen molar-refractivity contribution in [3.63, 3.8) is 0 Å². The van der Waals surface area contributed by atoms with E-state index in [1.165, 1.54) is 0 Å². The maximum Gasteiger partial charge on any atom is 0.333 e. The monoisotopic (exact) mass is 330 g/mol. The molecule has 0 spiro atoms. The smallest absolute Gasteiger partial charge is 0.333 e. The van der Waals surface area contributed by atoms with E-state index in [2.05, 4.69) is 13.2 Å². The molecule has 0 aromatic rings. The molecular weight excluding hydrogens is 300 g/mol. The van der Waals surface area contributed by atoms with Gasteiger partial charge in [0.1, 0.15) is 0 Å². The largest absolute Gasteiger partial charge is 0.462 e. The van der Waals surface area contributed by atoms with Crippen LogP contribution >= 0.6 is 0 Å². The summed E-state index contributed by atoms with van der Waals surface area (Å²) in [5, 5.41) is 16.2. The third kappa shape index (κ3) is 18.3. The summed E-state index contributed by atoms with van der Waals surface area (Å²) in [6, 6.07) is 0. The van der Waals surface area contributed by atoms with Gasteiger partial charge in [-0.1, -0.05) is 13.2 Å². The number of aliphatic hydroxyl groups is 2. The second kappa shape index (κ2) is 16.7. The maximum atomic E-state index is 11.0. The van der Waals surface area contributed by atoms with E-state index in [0.29, 0.717) is 24.4 Å². The van der Waals surface area contributed by atoms with Crippen molar-refractivity contribution in [2.45, 2.75) is 46.0 Å². The third-order valence-corrected chi connectivity index (χ3v) is 2.52. The molecule has 0 amide bonds. The van der Waals surface area contributed by atoms with E-state index < -0.39 is 0 Å². The SMILES string of the molecule is C=C(C)C(=O)OCCCCCOC(=O)C(=C)C.OCCCCO. The van der Waals surface area contributed by atoms with Gasteiger partial charge in [0.25, 0.3) is 0 Å². The van der Waals surface area contributed by atoms with Crippen LogP contribution in [0.3, 0.4) is 0 Å². The molecule has 2 N–H and O–H groups in total. The van der Waals surface area contributed by atoms with Crippen LogP contribution in [0.4, 0.5) is 0 Å². The van der Waals surface area contributed by atoms with Gasteiger partial charge in [-0.05, 0) is 46.0 Å². The molecule has 0 rings (SSSR count). The quantitative estimate of drug-likeness (QED) is 0.342. The van der Waals surface area contributed by atoms with Crippen molar-refractivity contribution in [3.8, 4) is 0 Å². The Morgan fingerprint density at radius 1 is 0.739 bits per heavy atom. The van der Waals surface area contributed by atoms with Crippen LogP contribution in [0.2, 0.25) is 0 Å². The molecule has 0 unspecified atom stereocenters. The number of unbranched alkanes of at least 4 members (excludes halogenated alkanes) is 3. The van der Waals surface area contributed by atoms with Gasteiger partial charge < -0.3 is 19.7 Å². The zero-order valence-electron chi connectivity index (χ0n) is 14.3. The Bertz CT molecular complexity index is 328. The lowest BCUT2D eigenvalue weighted by Crippen LogP contribution is -2.08. The van der Waals surface area contributed by atoms with Crippen LogP contribution < -0.4 is 0 Å². The van der Waals surface area contributed by atoms with Gasteiger partial charge in [-0.2, -0.15) is 0 Å². The number of carbonyl (C=O) groups excluding carboxylic acids is 2. The topological polar surface area (TPSA) is 93.1 Å². The standard InChI is InChI=1S/C13H20O4.C4H10O2/c1-10(2)12(14)16-8-6-5-7-9-17-13(15)11(3)4;5-3-1-2-4-6/h1,3,5-9H2,2,4H3;5-6H,1-4H2. The van der Waals surface area contributed by atoms with Gasteiger partial charge in [0.2, 0.25) is 0 Å². The van der Waals surface area contributed by atoms with Gasteiger partial charge >= 0.3 is 11.9 Å². The van der Waals surface area contributed by atoms with Gasteiger partial charge in [-0.15, -0.1) is 0 Å². The van der Waals surface area contributed by atoms with Crippen molar-refractivity contribution >= 4 is 11.9 Å². The fourth-order valence-electron chi connectivity index (χ4n) is 1.18. The number of aliphatic hydroxyl groups excluding tert-OH is 2. The number of hydrogen-bond donors (Lipinski definition) is 2. The van der Waals surface area contributed by atoms with Crippen LogP contribution in [0.1, 0.15) is 46.0 Å². The second-order valence-electron chi connectivity index (χ2n) is 5.05. The van der Waals surface area contributed by atoms with Crippen LogP contribution in [0, 0.1) is 0 Å². The first-order chi connectivity index (χ1) is 10.9. The van der Waals surface area contributed by atoms with Crippen LogP contribution in [0.25, 0.3) is 0 Å². The predicted molar refractivity (Wildman–Crippen MR) is 88.8 cm³/mol. The second-order valence-corrected chi connectivity index (χ2v) is 5.05. The summed E-state index contributed by atoms with van der Waals surface area (Å²) in [5.41, 5.74) is 0.806. The van der Waals surface area contributed by atoms with Gasteiger partial charge in [0.05, 0.1) is 13.2 Å². The molecule has 0 aromatic carbocycles. The van der Waals surface area contributed by atoms with Crippen LogP contribution in [-0.4, -0.2) is 48.6 Å². The number of esters is 2. The average molecular weight is 330 g/mol. The van der Waals surface area contributed by atoms with Crippen LogP contribution in [0.5, 0.6) is 0 Å². The van der Waals surface area contributed by atoms with Crippen molar-refractivity contribution in [1.82, 2.24) is 0 Å². The Morgan fingerprint density at radius 2 is 1.09 bits per heavy atom. The van der Waals surface area contributed by atoms with Gasteiger partial charge in [-0.3, -0.25) is 0 Å².